The van der Waals surface area contributed by atoms with Crippen LogP contribution in [0.3, 0.4) is 0 Å². The Hall–Kier alpha value is -3.09. The van der Waals surface area contributed by atoms with Gasteiger partial charge in [0.1, 0.15) is 11.3 Å². The van der Waals surface area contributed by atoms with Gasteiger partial charge in [-0.1, -0.05) is 0 Å². The van der Waals surface area contributed by atoms with Crippen molar-refractivity contribution in [3.05, 3.63) is 40.2 Å². The maximum Gasteiger partial charge on any atom is 0.336 e. The first-order chi connectivity index (χ1) is 17.4. The summed E-state index contributed by atoms with van der Waals surface area (Å²) in [6, 6.07) is 6.45. The Kier molecular flexibility index (Phi) is 9.57. The quantitative estimate of drug-likeness (QED) is 0.261. The summed E-state index contributed by atoms with van der Waals surface area (Å²) >= 11 is 1.25. The number of carbonyl (C=O) groups excluding carboxylic acids is 3. The number of aryl methyl sites for hydroxylation is 1. The van der Waals surface area contributed by atoms with Gasteiger partial charge in [-0.2, -0.15) is 0 Å². The molecule has 4 atom stereocenters. The lowest BCUT2D eigenvalue weighted by atomic mass is 10.1. The Balaban J connectivity index is 1.94. The zero-order valence-corrected chi connectivity index (χ0v) is 22.5. The summed E-state index contributed by atoms with van der Waals surface area (Å²) in [5, 5.41) is 0.752. The number of fused-ring (bicyclic) bond motifs is 1. The summed E-state index contributed by atoms with van der Waals surface area (Å²) in [6.07, 6.45) is -3.06. The molecule has 0 saturated carbocycles. The van der Waals surface area contributed by atoms with Crippen molar-refractivity contribution in [1.29, 1.82) is 0 Å². The minimum absolute atomic E-state index is 0.0229. The van der Waals surface area contributed by atoms with E-state index in [9.17, 15) is 19.2 Å². The van der Waals surface area contributed by atoms with Gasteiger partial charge >= 0.3 is 23.5 Å². The number of hydrogen-bond donors (Lipinski definition) is 0. The van der Waals surface area contributed by atoms with Gasteiger partial charge in [-0.05, 0) is 52.8 Å². The van der Waals surface area contributed by atoms with Crippen molar-refractivity contribution in [2.45, 2.75) is 37.6 Å². The van der Waals surface area contributed by atoms with Crippen LogP contribution < -0.4 is 10.4 Å². The Morgan fingerprint density at radius 1 is 0.973 bits per heavy atom. The molecule has 0 N–H and O–H groups in total. The zero-order chi connectivity index (χ0) is 27.3. The van der Waals surface area contributed by atoms with E-state index in [1.807, 2.05) is 0 Å². The van der Waals surface area contributed by atoms with Crippen LogP contribution in [0.25, 0.3) is 11.0 Å². The Morgan fingerprint density at radius 2 is 1.59 bits per heavy atom. The fraction of sp³-hybridized carbons (Fsp3) is 0.520. The van der Waals surface area contributed by atoms with Crippen LogP contribution in [0.15, 0.2) is 33.5 Å². The highest BCUT2D eigenvalue weighted by Crippen LogP contribution is 2.35. The number of likely N-dealkylation sites (N-methyl/N-ethyl adjacent to an activating group) is 2. The average Bonchev–Trinajstić information content (AvgIpc) is 2.75. The van der Waals surface area contributed by atoms with Gasteiger partial charge in [0.15, 0.2) is 23.7 Å². The number of carbonyl (C=O) groups is 3. The van der Waals surface area contributed by atoms with Crippen molar-refractivity contribution in [3.8, 4) is 5.75 Å². The van der Waals surface area contributed by atoms with E-state index in [1.165, 1.54) is 24.8 Å². The molecule has 1 aromatic carbocycles. The number of rotatable bonds is 9. The lowest BCUT2D eigenvalue weighted by Crippen LogP contribution is -2.56. The molecule has 2 heterocycles. The summed E-state index contributed by atoms with van der Waals surface area (Å²) in [5.41, 5.74) is -0.195. The predicted molar refractivity (Wildman–Crippen MR) is 137 cm³/mol. The van der Waals surface area contributed by atoms with E-state index in [1.54, 1.807) is 63.1 Å². The highest BCUT2D eigenvalue weighted by atomic mass is 32.2. The minimum atomic E-state index is -1.10. The van der Waals surface area contributed by atoms with E-state index in [4.69, 9.17) is 23.4 Å². The zero-order valence-electron chi connectivity index (χ0n) is 21.7. The van der Waals surface area contributed by atoms with Crippen LogP contribution in [-0.4, -0.2) is 98.5 Å². The molecule has 0 spiro atoms. The third-order valence-electron chi connectivity index (χ3n) is 5.30. The van der Waals surface area contributed by atoms with Crippen molar-refractivity contribution in [2.24, 2.45) is 0 Å². The summed E-state index contributed by atoms with van der Waals surface area (Å²) in [5.74, 6) is -1.11. The van der Waals surface area contributed by atoms with Crippen LogP contribution in [0.4, 0.5) is 0 Å². The van der Waals surface area contributed by atoms with Crippen LogP contribution in [0.1, 0.15) is 12.5 Å². The molecule has 2 aromatic rings. The molecule has 1 aliphatic heterocycles. The van der Waals surface area contributed by atoms with Gasteiger partial charge in [-0.25, -0.2) is 4.79 Å². The number of hydrogen-bond acceptors (Lipinski definition) is 12. The molecule has 0 unspecified atom stereocenters. The molecular weight excluding hydrogens is 504 g/mol. The first-order valence-electron chi connectivity index (χ1n) is 11.6. The van der Waals surface area contributed by atoms with Crippen LogP contribution >= 0.6 is 11.8 Å². The van der Waals surface area contributed by atoms with Gasteiger partial charge in [0, 0.05) is 30.2 Å². The van der Waals surface area contributed by atoms with Crippen molar-refractivity contribution in [3.63, 3.8) is 0 Å². The topological polar surface area (TPSA) is 125 Å². The first kappa shape index (κ1) is 28.5. The number of benzene rings is 1. The Morgan fingerprint density at radius 3 is 2.19 bits per heavy atom. The second-order valence-electron chi connectivity index (χ2n) is 9.26. The molecule has 1 saturated heterocycles. The third-order valence-corrected chi connectivity index (χ3v) is 6.52. The van der Waals surface area contributed by atoms with Crippen molar-refractivity contribution in [1.82, 2.24) is 9.80 Å². The SMILES string of the molecule is CC(=O)O[C@@H]1CS[C@@H](Oc2ccc3c(C)cc(=O)oc3c2)[C@H](OC(=O)CN(C)C)[C@H]1OC(=O)CN(C)C. The number of ether oxygens (including phenoxy) is 4. The van der Waals surface area contributed by atoms with Crippen molar-refractivity contribution < 1.29 is 37.7 Å². The molecular formula is C25H32N2O9S. The fourth-order valence-corrected chi connectivity index (χ4v) is 5.05. The number of nitrogens with zero attached hydrogens (tertiary/aromatic N) is 2. The Bertz CT molecular complexity index is 1200. The standard InChI is InChI=1S/C25H32N2O9S/c1-14-9-20(29)34-18-10-16(7-8-17(14)18)33-25-24(36-22(31)12-27(5)6)23(35-21(30)11-26(3)4)19(13-37-25)32-15(2)28/h7-10,19,23-25H,11-13H2,1-6H3/t19-,23+,24-,25-/m1/s1. The van der Waals surface area contributed by atoms with Gasteiger partial charge in [0.25, 0.3) is 0 Å². The van der Waals surface area contributed by atoms with Crippen molar-refractivity contribution >= 4 is 40.6 Å². The van der Waals surface area contributed by atoms with Crippen LogP contribution in [0.5, 0.6) is 5.75 Å². The molecule has 12 heteroatoms. The highest BCUT2D eigenvalue weighted by molar-refractivity contribution is 7.99. The van der Waals surface area contributed by atoms with Gasteiger partial charge in [-0.15, -0.1) is 11.8 Å². The molecule has 1 aliphatic rings. The van der Waals surface area contributed by atoms with E-state index < -0.39 is 47.3 Å². The monoisotopic (exact) mass is 536 g/mol. The van der Waals surface area contributed by atoms with Crippen LogP contribution in [0, 0.1) is 6.92 Å². The van der Waals surface area contributed by atoms with Crippen molar-refractivity contribution in [2.75, 3.05) is 47.0 Å². The molecule has 3 rings (SSSR count). The molecule has 0 amide bonds. The second kappa shape index (κ2) is 12.4. The molecule has 0 aliphatic carbocycles. The maximum absolute atomic E-state index is 12.7. The summed E-state index contributed by atoms with van der Waals surface area (Å²) < 4.78 is 28.4. The van der Waals surface area contributed by atoms with Gasteiger partial charge in [-0.3, -0.25) is 24.2 Å². The summed E-state index contributed by atoms with van der Waals surface area (Å²) in [7, 11) is 6.85. The predicted octanol–water partition coefficient (Wildman–Crippen LogP) is 1.43. The number of esters is 3. The molecule has 202 valence electrons. The van der Waals surface area contributed by atoms with Crippen LogP contribution in [0.2, 0.25) is 0 Å². The average molecular weight is 537 g/mol. The van der Waals surface area contributed by atoms with Gasteiger partial charge < -0.3 is 23.4 Å². The van der Waals surface area contributed by atoms with E-state index in [2.05, 4.69) is 0 Å². The molecule has 1 aromatic heterocycles. The third kappa shape index (κ3) is 7.94. The van der Waals surface area contributed by atoms with Gasteiger partial charge in [0.2, 0.25) is 0 Å². The highest BCUT2D eigenvalue weighted by Gasteiger charge is 2.48. The van der Waals surface area contributed by atoms with E-state index >= 15 is 0 Å². The molecule has 0 bridgehead atoms. The molecule has 11 nitrogen and oxygen atoms in total. The minimum Gasteiger partial charge on any atom is -0.476 e. The first-order valence-corrected chi connectivity index (χ1v) is 12.7. The second-order valence-corrected chi connectivity index (χ2v) is 10.4. The molecule has 37 heavy (non-hydrogen) atoms. The van der Waals surface area contributed by atoms with Crippen LogP contribution in [-0.2, 0) is 28.6 Å². The number of thioether (sulfide) groups is 1. The van der Waals surface area contributed by atoms with E-state index in [0.29, 0.717) is 11.3 Å². The maximum atomic E-state index is 12.7. The fourth-order valence-electron chi connectivity index (χ4n) is 3.83. The molecule has 0 radical (unpaired) electrons. The summed E-state index contributed by atoms with van der Waals surface area (Å²) in [6.45, 7) is 3.01. The molecule has 1 fully saturated rings. The van der Waals surface area contributed by atoms with E-state index in [-0.39, 0.29) is 18.8 Å². The van der Waals surface area contributed by atoms with E-state index in [0.717, 1.165) is 10.9 Å². The largest absolute Gasteiger partial charge is 0.476 e. The van der Waals surface area contributed by atoms with Gasteiger partial charge in [0.05, 0.1) is 13.1 Å². The lowest BCUT2D eigenvalue weighted by molar-refractivity contribution is -0.189. The smallest absolute Gasteiger partial charge is 0.336 e. The Labute approximate surface area is 218 Å². The lowest BCUT2D eigenvalue weighted by Gasteiger charge is -2.40. The summed E-state index contributed by atoms with van der Waals surface area (Å²) in [4.78, 5) is 52.2. The normalized spacial score (nSPS) is 21.6.